The number of hydrogen-bond acceptors (Lipinski definition) is 6. The summed E-state index contributed by atoms with van der Waals surface area (Å²) in [7, 11) is 1.78. The molecule has 0 spiro atoms. The number of anilines is 2. The zero-order valence-corrected chi connectivity index (χ0v) is 13.3. The van der Waals surface area contributed by atoms with Crippen molar-refractivity contribution < 1.29 is 9.90 Å². The van der Waals surface area contributed by atoms with Crippen molar-refractivity contribution in [2.45, 2.75) is 6.54 Å². The Morgan fingerprint density at radius 3 is 2.88 bits per heavy atom. The molecular formula is C16H19N5O3. The largest absolute Gasteiger partial charge is 0.508 e. The van der Waals surface area contributed by atoms with E-state index in [1.807, 2.05) is 4.90 Å². The Morgan fingerprint density at radius 1 is 1.29 bits per heavy atom. The number of nitrogens with one attached hydrogen (secondary N) is 2. The number of benzene rings is 1. The minimum absolute atomic E-state index is 0.0594. The van der Waals surface area contributed by atoms with Gasteiger partial charge in [-0.1, -0.05) is 6.07 Å². The molecule has 1 aromatic carbocycles. The van der Waals surface area contributed by atoms with Crippen LogP contribution in [0.2, 0.25) is 0 Å². The average Bonchev–Trinajstić information content (AvgIpc) is 2.50. The van der Waals surface area contributed by atoms with E-state index in [-0.39, 0.29) is 17.2 Å². The number of phenolic OH excluding ortho intramolecular Hbond substituents is 1. The molecule has 0 saturated carbocycles. The van der Waals surface area contributed by atoms with Crippen LogP contribution >= 0.6 is 0 Å². The van der Waals surface area contributed by atoms with Crippen molar-refractivity contribution in [2.75, 3.05) is 32.0 Å². The van der Waals surface area contributed by atoms with Crippen molar-refractivity contribution in [3.05, 3.63) is 46.4 Å². The Balaban J connectivity index is 1.74. The van der Waals surface area contributed by atoms with E-state index in [0.29, 0.717) is 37.0 Å². The first-order chi connectivity index (χ1) is 11.5. The van der Waals surface area contributed by atoms with Gasteiger partial charge in [0, 0.05) is 44.5 Å². The first kappa shape index (κ1) is 16.0. The van der Waals surface area contributed by atoms with E-state index in [9.17, 15) is 14.7 Å². The summed E-state index contributed by atoms with van der Waals surface area (Å²) in [6, 6.07) is 7.96. The second kappa shape index (κ2) is 6.71. The minimum atomic E-state index is -0.275. The predicted octanol–water partition coefficient (Wildman–Crippen LogP) is 0.493. The van der Waals surface area contributed by atoms with Gasteiger partial charge < -0.3 is 15.3 Å². The molecule has 1 fully saturated rings. The summed E-state index contributed by atoms with van der Waals surface area (Å²) >= 11 is 0. The first-order valence-electron chi connectivity index (χ1n) is 7.62. The first-order valence-corrected chi connectivity index (χ1v) is 7.62. The zero-order valence-electron chi connectivity index (χ0n) is 13.3. The molecule has 1 saturated heterocycles. The zero-order chi connectivity index (χ0) is 17.1. The number of nitrogens with zero attached hydrogens (tertiary/aromatic N) is 3. The summed E-state index contributed by atoms with van der Waals surface area (Å²) in [5.41, 5.74) is 0.923. The van der Waals surface area contributed by atoms with Crippen LogP contribution in [0.15, 0.2) is 35.1 Å². The number of aromatic hydroxyl groups is 1. The highest BCUT2D eigenvalue weighted by atomic mass is 16.3. The van der Waals surface area contributed by atoms with Crippen LogP contribution in [0.3, 0.4) is 0 Å². The number of rotatable bonds is 4. The molecule has 3 rings (SSSR count). The van der Waals surface area contributed by atoms with Crippen LogP contribution < -0.4 is 10.9 Å². The molecule has 1 aliphatic rings. The molecule has 0 bridgehead atoms. The van der Waals surface area contributed by atoms with E-state index >= 15 is 0 Å². The third-order valence-corrected chi connectivity index (χ3v) is 3.83. The fourth-order valence-corrected chi connectivity index (χ4v) is 2.54. The SMILES string of the molecule is CN1CCN(Cc2cc(=O)[nH]c(Nc3cccc(O)c3)n2)CC1=O. The second-order valence-electron chi connectivity index (χ2n) is 5.79. The van der Waals surface area contributed by atoms with Gasteiger partial charge in [0.25, 0.3) is 5.56 Å². The monoisotopic (exact) mass is 329 g/mol. The van der Waals surface area contributed by atoms with Crippen LogP contribution in [-0.2, 0) is 11.3 Å². The molecule has 8 nitrogen and oxygen atoms in total. The molecule has 1 aromatic heterocycles. The van der Waals surface area contributed by atoms with Crippen LogP contribution in [-0.4, -0.2) is 57.5 Å². The lowest BCUT2D eigenvalue weighted by molar-refractivity contribution is -0.134. The van der Waals surface area contributed by atoms with E-state index < -0.39 is 0 Å². The maximum Gasteiger partial charge on any atom is 0.252 e. The van der Waals surface area contributed by atoms with E-state index in [4.69, 9.17) is 0 Å². The number of aromatic amines is 1. The number of likely N-dealkylation sites (N-methyl/N-ethyl adjacent to an activating group) is 1. The fourth-order valence-electron chi connectivity index (χ4n) is 2.54. The van der Waals surface area contributed by atoms with Crippen LogP contribution in [0.4, 0.5) is 11.6 Å². The number of H-pyrrole nitrogens is 1. The number of carbonyl (C=O) groups is 1. The van der Waals surface area contributed by atoms with Crippen molar-refractivity contribution in [2.24, 2.45) is 0 Å². The Kier molecular flexibility index (Phi) is 4.48. The third kappa shape index (κ3) is 3.90. The molecule has 8 heteroatoms. The molecule has 0 unspecified atom stereocenters. The second-order valence-corrected chi connectivity index (χ2v) is 5.79. The van der Waals surface area contributed by atoms with Crippen LogP contribution in [0.5, 0.6) is 5.75 Å². The van der Waals surface area contributed by atoms with E-state index in [1.54, 1.807) is 30.1 Å². The predicted molar refractivity (Wildman–Crippen MR) is 89.2 cm³/mol. The van der Waals surface area contributed by atoms with E-state index in [2.05, 4.69) is 15.3 Å². The van der Waals surface area contributed by atoms with Gasteiger partial charge in [0.05, 0.1) is 12.2 Å². The minimum Gasteiger partial charge on any atom is -0.508 e. The maximum atomic E-state index is 11.8. The molecular weight excluding hydrogens is 310 g/mol. The summed E-state index contributed by atoms with van der Waals surface area (Å²) in [5.74, 6) is 0.474. The number of piperazine rings is 1. The van der Waals surface area contributed by atoms with E-state index in [1.165, 1.54) is 12.1 Å². The van der Waals surface area contributed by atoms with Gasteiger partial charge in [-0.25, -0.2) is 4.98 Å². The van der Waals surface area contributed by atoms with Gasteiger partial charge in [0.2, 0.25) is 11.9 Å². The Labute approximate surface area is 138 Å². The molecule has 3 N–H and O–H groups in total. The van der Waals surface area contributed by atoms with Gasteiger partial charge in [-0.3, -0.25) is 19.5 Å². The number of carbonyl (C=O) groups excluding carboxylic acids is 1. The third-order valence-electron chi connectivity index (χ3n) is 3.83. The Hall–Kier alpha value is -2.87. The normalized spacial score (nSPS) is 15.5. The summed E-state index contributed by atoms with van der Waals surface area (Å²) in [6.45, 7) is 2.15. The van der Waals surface area contributed by atoms with Crippen molar-refractivity contribution in [1.29, 1.82) is 0 Å². The molecule has 0 aliphatic carbocycles. The Bertz CT molecular complexity index is 804. The molecule has 1 amide bonds. The molecule has 2 aromatic rings. The highest BCUT2D eigenvalue weighted by Crippen LogP contribution is 2.18. The lowest BCUT2D eigenvalue weighted by atomic mass is 10.3. The molecule has 0 radical (unpaired) electrons. The lowest BCUT2D eigenvalue weighted by Gasteiger charge is -2.31. The topological polar surface area (TPSA) is 102 Å². The van der Waals surface area contributed by atoms with Crippen LogP contribution in [0, 0.1) is 0 Å². The van der Waals surface area contributed by atoms with Crippen molar-refractivity contribution in [3.63, 3.8) is 0 Å². The molecule has 1 aliphatic heterocycles. The highest BCUT2D eigenvalue weighted by molar-refractivity contribution is 5.78. The van der Waals surface area contributed by atoms with Crippen LogP contribution in [0.25, 0.3) is 0 Å². The number of phenols is 1. The van der Waals surface area contributed by atoms with E-state index in [0.717, 1.165) is 6.54 Å². The summed E-state index contributed by atoms with van der Waals surface area (Å²) < 4.78 is 0. The van der Waals surface area contributed by atoms with Gasteiger partial charge in [0.1, 0.15) is 5.75 Å². The van der Waals surface area contributed by atoms with Crippen molar-refractivity contribution >= 4 is 17.5 Å². The fraction of sp³-hybridized carbons (Fsp3) is 0.312. The van der Waals surface area contributed by atoms with Crippen molar-refractivity contribution in [3.8, 4) is 5.75 Å². The number of aromatic nitrogens is 2. The Morgan fingerprint density at radius 2 is 2.12 bits per heavy atom. The number of amides is 1. The standard InChI is InChI=1S/C16H19N5O3/c1-20-5-6-21(10-15(20)24)9-12-8-14(23)19-16(18-12)17-11-3-2-4-13(22)7-11/h2-4,7-8,22H,5-6,9-10H2,1H3,(H2,17,18,19,23). The molecule has 2 heterocycles. The summed E-state index contributed by atoms with van der Waals surface area (Å²) in [6.07, 6.45) is 0. The molecule has 24 heavy (non-hydrogen) atoms. The lowest BCUT2D eigenvalue weighted by Crippen LogP contribution is -2.48. The molecule has 0 atom stereocenters. The van der Waals surface area contributed by atoms with Crippen molar-refractivity contribution in [1.82, 2.24) is 19.8 Å². The van der Waals surface area contributed by atoms with Crippen LogP contribution in [0.1, 0.15) is 5.69 Å². The highest BCUT2D eigenvalue weighted by Gasteiger charge is 2.21. The van der Waals surface area contributed by atoms with Gasteiger partial charge in [-0.15, -0.1) is 0 Å². The maximum absolute atomic E-state index is 11.8. The smallest absolute Gasteiger partial charge is 0.252 e. The quantitative estimate of drug-likeness (QED) is 0.755. The summed E-state index contributed by atoms with van der Waals surface area (Å²) in [5, 5.41) is 12.4. The summed E-state index contributed by atoms with van der Waals surface area (Å²) in [4.78, 5) is 34.3. The van der Waals surface area contributed by atoms with Gasteiger partial charge in [-0.05, 0) is 12.1 Å². The van der Waals surface area contributed by atoms with Gasteiger partial charge >= 0.3 is 0 Å². The molecule has 126 valence electrons. The van der Waals surface area contributed by atoms with Gasteiger partial charge in [-0.2, -0.15) is 0 Å². The average molecular weight is 329 g/mol. The number of hydrogen-bond donors (Lipinski definition) is 3. The van der Waals surface area contributed by atoms with Gasteiger partial charge in [0.15, 0.2) is 0 Å².